The van der Waals surface area contributed by atoms with E-state index in [1.807, 2.05) is 0 Å². The van der Waals surface area contributed by atoms with Gasteiger partial charge in [-0.15, -0.1) is 0 Å². The van der Waals surface area contributed by atoms with Crippen molar-refractivity contribution in [2.45, 2.75) is 66.6 Å². The predicted molar refractivity (Wildman–Crippen MR) is 216 cm³/mol. The molecule has 2 unspecified atom stereocenters. The van der Waals surface area contributed by atoms with Gasteiger partial charge < -0.3 is 37.9 Å². The largest absolute Gasteiger partial charge is 0.509 e. The predicted octanol–water partition coefficient (Wildman–Crippen LogP) is 6.79. The van der Waals surface area contributed by atoms with Gasteiger partial charge in [0.1, 0.15) is 0 Å². The molecule has 14 nitrogen and oxygen atoms in total. The van der Waals surface area contributed by atoms with Gasteiger partial charge in [0.2, 0.25) is 0 Å². The molecule has 0 bridgehead atoms. The molecule has 318 valence electrons. The summed E-state index contributed by atoms with van der Waals surface area (Å²) < 4.78 is 41.8. The lowest BCUT2D eigenvalue weighted by atomic mass is 9.95. The first-order valence-corrected chi connectivity index (χ1v) is 19.6. The van der Waals surface area contributed by atoms with Crippen LogP contribution in [0.2, 0.25) is 0 Å². The number of hydrogen-bond donors (Lipinski definition) is 0. The van der Waals surface area contributed by atoms with E-state index < -0.39 is 60.2 Å². The molecule has 3 aromatic rings. The third-order valence-corrected chi connectivity index (χ3v) is 8.34. The van der Waals surface area contributed by atoms with Gasteiger partial charge in [-0.2, -0.15) is 0 Å². The number of ether oxygens (including phenoxy) is 8. The number of carbonyl (C=O) groups excluding carboxylic acids is 6. The zero-order valence-corrected chi connectivity index (χ0v) is 34.6. The van der Waals surface area contributed by atoms with Crippen molar-refractivity contribution in [2.75, 3.05) is 39.6 Å². The zero-order valence-electron chi connectivity index (χ0n) is 34.6. The Morgan fingerprint density at radius 1 is 0.433 bits per heavy atom. The van der Waals surface area contributed by atoms with Crippen LogP contribution in [0.1, 0.15) is 87.1 Å². The average Bonchev–Trinajstić information content (AvgIpc) is 3.23. The van der Waals surface area contributed by atoms with Crippen molar-refractivity contribution in [1.82, 2.24) is 0 Å². The molecule has 3 aromatic carbocycles. The van der Waals surface area contributed by atoms with Gasteiger partial charge in [-0.1, -0.05) is 72.5 Å². The lowest BCUT2D eigenvalue weighted by molar-refractivity contribution is -0.163. The van der Waals surface area contributed by atoms with E-state index in [1.165, 1.54) is 0 Å². The van der Waals surface area contributed by atoms with E-state index in [9.17, 15) is 28.8 Å². The van der Waals surface area contributed by atoms with Crippen LogP contribution in [0.4, 0.5) is 9.59 Å². The Labute approximate surface area is 350 Å². The lowest BCUT2D eigenvalue weighted by Crippen LogP contribution is -2.30. The number of hydrogen-bond acceptors (Lipinski definition) is 14. The first-order valence-electron chi connectivity index (χ1n) is 19.6. The summed E-state index contributed by atoms with van der Waals surface area (Å²) in [6.45, 7) is 10.2. The number of carbonyl (C=O) groups is 6. The summed E-state index contributed by atoms with van der Waals surface area (Å²) in [5, 5.41) is 0. The van der Waals surface area contributed by atoms with Gasteiger partial charge in [-0.25, -0.2) is 9.59 Å². The first kappa shape index (κ1) is 47.6. The summed E-state index contributed by atoms with van der Waals surface area (Å²) in [4.78, 5) is 76.1. The Morgan fingerprint density at radius 3 is 1.03 bits per heavy atom. The van der Waals surface area contributed by atoms with Crippen LogP contribution in [0, 0.1) is 35.5 Å². The van der Waals surface area contributed by atoms with Crippen LogP contribution in [-0.2, 0) is 69.9 Å². The molecule has 3 rings (SSSR count). The smallest absolute Gasteiger partial charge is 0.465 e. The SMILES string of the molecule is CCOC(=O)OC(C#Cc1ccccc1CC(C(=O)OCC)C(=O)OCC)c1ccc(C(C#Cc2ccccc2CC(C(=O)OCC)C(=O)OCC)OC(=O)OCC)cc1. The van der Waals surface area contributed by atoms with E-state index in [0.29, 0.717) is 33.4 Å². The van der Waals surface area contributed by atoms with Crippen LogP contribution in [0.25, 0.3) is 0 Å². The third kappa shape index (κ3) is 14.9. The minimum absolute atomic E-state index is 0.0465. The van der Waals surface area contributed by atoms with Crippen LogP contribution in [0.15, 0.2) is 72.8 Å². The van der Waals surface area contributed by atoms with Crippen molar-refractivity contribution in [3.63, 3.8) is 0 Å². The fourth-order valence-electron chi connectivity index (χ4n) is 5.57. The second-order valence-corrected chi connectivity index (χ2v) is 12.4. The molecule has 0 spiro atoms. The van der Waals surface area contributed by atoms with Crippen LogP contribution in [0.5, 0.6) is 0 Å². The Hall–Kier alpha value is -6.80. The van der Waals surface area contributed by atoms with Crippen molar-refractivity contribution >= 4 is 36.2 Å². The maximum absolute atomic E-state index is 12.7. The quantitative estimate of drug-likeness (QED) is 0.0567. The van der Waals surface area contributed by atoms with Crippen molar-refractivity contribution in [2.24, 2.45) is 11.8 Å². The van der Waals surface area contributed by atoms with E-state index in [-0.39, 0.29) is 52.5 Å². The lowest BCUT2D eigenvalue weighted by Gasteiger charge is -2.16. The molecule has 14 heteroatoms. The maximum Gasteiger partial charge on any atom is 0.509 e. The minimum Gasteiger partial charge on any atom is -0.465 e. The summed E-state index contributed by atoms with van der Waals surface area (Å²) in [6.07, 6.45) is -4.37. The topological polar surface area (TPSA) is 176 Å². The van der Waals surface area contributed by atoms with Gasteiger partial charge in [0.15, 0.2) is 24.0 Å². The van der Waals surface area contributed by atoms with Crippen LogP contribution in [0.3, 0.4) is 0 Å². The molecule has 0 N–H and O–H groups in total. The Bertz CT molecular complexity index is 1870. The molecular weight excluding hydrogens is 776 g/mol. The Kier molecular flexibility index (Phi) is 20.2. The molecule has 0 radical (unpaired) electrons. The minimum atomic E-state index is -1.22. The summed E-state index contributed by atoms with van der Waals surface area (Å²) in [5.74, 6) is 6.60. The molecule has 0 aromatic heterocycles. The van der Waals surface area contributed by atoms with Crippen molar-refractivity contribution < 1.29 is 66.7 Å². The van der Waals surface area contributed by atoms with E-state index in [1.54, 1.807) is 114 Å². The van der Waals surface area contributed by atoms with E-state index >= 15 is 0 Å². The van der Waals surface area contributed by atoms with E-state index in [4.69, 9.17) is 37.9 Å². The number of rotatable bonds is 18. The summed E-state index contributed by atoms with van der Waals surface area (Å²) >= 11 is 0. The standard InChI is InChI=1S/C46H50O14/c1-7-53-41(47)37(42(48)54-8-2)29-35-19-15-13-17-31(35)25-27-39(59-45(51)57-11-5)33-21-23-34(24-22-33)40(60-46(52)58-12-6)28-26-32-18-14-16-20-36(32)30-38(43(49)55-9-3)44(50)56-10-4/h13-24,37-40H,7-12,29-30H2,1-6H3. The van der Waals surface area contributed by atoms with Gasteiger partial charge >= 0.3 is 36.2 Å². The molecule has 0 aliphatic carbocycles. The zero-order chi connectivity index (χ0) is 43.9. The van der Waals surface area contributed by atoms with Gasteiger partial charge in [0.05, 0.1) is 39.6 Å². The Balaban J connectivity index is 2.03. The van der Waals surface area contributed by atoms with Gasteiger partial charge in [0, 0.05) is 22.3 Å². The molecule has 0 aliphatic rings. The van der Waals surface area contributed by atoms with Crippen LogP contribution < -0.4 is 0 Å². The molecule has 2 atom stereocenters. The average molecular weight is 827 g/mol. The van der Waals surface area contributed by atoms with Gasteiger partial charge in [0.25, 0.3) is 0 Å². The van der Waals surface area contributed by atoms with Crippen molar-refractivity contribution in [3.8, 4) is 23.7 Å². The van der Waals surface area contributed by atoms with Crippen molar-refractivity contribution in [1.29, 1.82) is 0 Å². The highest BCUT2D eigenvalue weighted by Gasteiger charge is 2.32. The summed E-state index contributed by atoms with van der Waals surface area (Å²) in [7, 11) is 0. The van der Waals surface area contributed by atoms with Crippen LogP contribution >= 0.6 is 0 Å². The molecule has 0 amide bonds. The molecule has 0 saturated carbocycles. The Morgan fingerprint density at radius 2 is 0.733 bits per heavy atom. The monoisotopic (exact) mass is 826 g/mol. The molecular formula is C46H50O14. The highest BCUT2D eigenvalue weighted by Crippen LogP contribution is 2.25. The molecule has 0 heterocycles. The molecule has 60 heavy (non-hydrogen) atoms. The van der Waals surface area contributed by atoms with Gasteiger partial charge in [-0.3, -0.25) is 19.2 Å². The van der Waals surface area contributed by atoms with E-state index in [2.05, 4.69) is 23.7 Å². The van der Waals surface area contributed by atoms with E-state index in [0.717, 1.165) is 0 Å². The van der Waals surface area contributed by atoms with Crippen LogP contribution in [-0.4, -0.2) is 75.8 Å². The summed E-state index contributed by atoms with van der Waals surface area (Å²) in [5.41, 5.74) is 2.86. The molecule has 0 aliphatic heterocycles. The highest BCUT2D eigenvalue weighted by atomic mass is 16.7. The first-order chi connectivity index (χ1) is 29.0. The second kappa shape index (κ2) is 25.5. The highest BCUT2D eigenvalue weighted by molar-refractivity contribution is 5.96. The molecule has 0 fully saturated rings. The summed E-state index contributed by atoms with van der Waals surface area (Å²) in [6, 6.07) is 20.2. The number of esters is 4. The normalized spacial score (nSPS) is 11.3. The van der Waals surface area contributed by atoms with Crippen molar-refractivity contribution in [3.05, 3.63) is 106 Å². The number of benzene rings is 3. The fourth-order valence-corrected chi connectivity index (χ4v) is 5.57. The maximum atomic E-state index is 12.7. The molecule has 0 saturated heterocycles. The second-order valence-electron chi connectivity index (χ2n) is 12.4. The van der Waals surface area contributed by atoms with Gasteiger partial charge in [-0.05, 0) is 89.5 Å². The third-order valence-electron chi connectivity index (χ3n) is 8.34. The fraction of sp³-hybridized carbons (Fsp3) is 0.391.